The van der Waals surface area contributed by atoms with Crippen molar-refractivity contribution in [2.45, 2.75) is 17.5 Å². The third kappa shape index (κ3) is 4.85. The van der Waals surface area contributed by atoms with E-state index in [9.17, 15) is 8.42 Å². The van der Waals surface area contributed by atoms with Crippen LogP contribution in [0.1, 0.15) is 5.69 Å². The summed E-state index contributed by atoms with van der Waals surface area (Å²) in [5.74, 6) is 0.208. The Morgan fingerprint density at radius 2 is 2.04 bits per heavy atom. The molecular weight excluding hydrogens is 350 g/mol. The van der Waals surface area contributed by atoms with Gasteiger partial charge in [-0.25, -0.2) is 13.1 Å². The third-order valence-corrected chi connectivity index (χ3v) is 5.95. The molecule has 2 aromatic rings. The molecule has 0 bridgehead atoms. The summed E-state index contributed by atoms with van der Waals surface area (Å²) in [6.45, 7) is 3.03. The van der Waals surface area contributed by atoms with E-state index < -0.39 is 10.0 Å². The predicted octanol–water partition coefficient (Wildman–Crippen LogP) is 0.817. The van der Waals surface area contributed by atoms with Crippen LogP contribution in [0.2, 0.25) is 0 Å². The van der Waals surface area contributed by atoms with Crippen LogP contribution in [0.5, 0.6) is 0 Å². The smallest absolute Gasteiger partial charge is 0.242 e. The van der Waals surface area contributed by atoms with E-state index >= 15 is 0 Å². The maximum absolute atomic E-state index is 12.7. The molecule has 26 heavy (non-hydrogen) atoms. The standard InChI is InChI=1S/C18H25N5O2S/c1-22(2)11-15-12-23(13-16-6-3-4-9-20-16)14-18(15)21-26(24,25)17-7-5-8-19-10-17/h3-10,15,18,21H,11-14H2,1-2H3/t15-,18-/m1/s1. The van der Waals surface area contributed by atoms with Crippen LogP contribution >= 0.6 is 0 Å². The van der Waals surface area contributed by atoms with Crippen molar-refractivity contribution in [3.05, 3.63) is 54.6 Å². The van der Waals surface area contributed by atoms with Crippen molar-refractivity contribution in [1.29, 1.82) is 0 Å². The average molecular weight is 375 g/mol. The number of nitrogens with one attached hydrogen (secondary N) is 1. The predicted molar refractivity (Wildman–Crippen MR) is 99.9 cm³/mol. The molecule has 2 aromatic heterocycles. The van der Waals surface area contributed by atoms with E-state index in [0.29, 0.717) is 6.54 Å². The average Bonchev–Trinajstić information content (AvgIpc) is 2.96. The molecule has 140 valence electrons. The Bertz CT molecular complexity index is 799. The summed E-state index contributed by atoms with van der Waals surface area (Å²) < 4.78 is 28.3. The van der Waals surface area contributed by atoms with Gasteiger partial charge in [-0.3, -0.25) is 14.9 Å². The number of likely N-dealkylation sites (tertiary alicyclic amines) is 1. The van der Waals surface area contributed by atoms with Gasteiger partial charge >= 0.3 is 0 Å². The van der Waals surface area contributed by atoms with Gasteiger partial charge in [0.15, 0.2) is 0 Å². The molecule has 0 aromatic carbocycles. The summed E-state index contributed by atoms with van der Waals surface area (Å²) in [6.07, 6.45) is 4.73. The Morgan fingerprint density at radius 1 is 1.19 bits per heavy atom. The lowest BCUT2D eigenvalue weighted by atomic mass is 10.0. The zero-order valence-corrected chi connectivity index (χ0v) is 15.9. The molecule has 3 heterocycles. The topological polar surface area (TPSA) is 78.4 Å². The Balaban J connectivity index is 1.73. The number of sulfonamides is 1. The maximum atomic E-state index is 12.7. The van der Waals surface area contributed by atoms with E-state index in [2.05, 4.69) is 24.5 Å². The summed E-state index contributed by atoms with van der Waals surface area (Å²) in [5.41, 5.74) is 0.992. The van der Waals surface area contributed by atoms with Crippen LogP contribution in [0, 0.1) is 5.92 Å². The fourth-order valence-corrected chi connectivity index (χ4v) is 4.63. The first-order chi connectivity index (χ1) is 12.4. The molecule has 7 nitrogen and oxygen atoms in total. The molecule has 0 unspecified atom stereocenters. The van der Waals surface area contributed by atoms with E-state index in [1.54, 1.807) is 24.5 Å². The lowest BCUT2D eigenvalue weighted by Crippen LogP contribution is -2.43. The van der Waals surface area contributed by atoms with E-state index in [4.69, 9.17) is 0 Å². The molecule has 0 amide bonds. The monoisotopic (exact) mass is 375 g/mol. The molecular formula is C18H25N5O2S. The van der Waals surface area contributed by atoms with Gasteiger partial charge in [0, 0.05) is 56.7 Å². The summed E-state index contributed by atoms with van der Waals surface area (Å²) in [7, 11) is 0.434. The van der Waals surface area contributed by atoms with Crippen molar-refractivity contribution in [2.24, 2.45) is 5.92 Å². The van der Waals surface area contributed by atoms with Crippen LogP contribution in [0.15, 0.2) is 53.8 Å². The SMILES string of the molecule is CN(C)C[C@@H]1CN(Cc2ccccn2)C[C@H]1NS(=O)(=O)c1cccnc1. The first kappa shape index (κ1) is 18.9. The molecule has 1 aliphatic heterocycles. The van der Waals surface area contributed by atoms with Gasteiger partial charge in [-0.15, -0.1) is 0 Å². The van der Waals surface area contributed by atoms with E-state index in [1.165, 1.54) is 6.20 Å². The molecule has 1 fully saturated rings. The van der Waals surface area contributed by atoms with Gasteiger partial charge < -0.3 is 4.90 Å². The van der Waals surface area contributed by atoms with Crippen LogP contribution in [-0.2, 0) is 16.6 Å². The summed E-state index contributed by atoms with van der Waals surface area (Å²) in [5, 5.41) is 0. The third-order valence-electron chi connectivity index (χ3n) is 4.48. The number of nitrogens with zero attached hydrogens (tertiary/aromatic N) is 4. The van der Waals surface area contributed by atoms with Gasteiger partial charge in [-0.05, 0) is 38.4 Å². The highest BCUT2D eigenvalue weighted by Crippen LogP contribution is 2.21. The van der Waals surface area contributed by atoms with Gasteiger partial charge in [0.25, 0.3) is 0 Å². The van der Waals surface area contributed by atoms with Gasteiger partial charge in [-0.2, -0.15) is 0 Å². The van der Waals surface area contributed by atoms with Crippen molar-refractivity contribution in [1.82, 2.24) is 24.5 Å². The van der Waals surface area contributed by atoms with Gasteiger partial charge in [0.1, 0.15) is 4.90 Å². The highest BCUT2D eigenvalue weighted by atomic mass is 32.2. The fraction of sp³-hybridized carbons (Fsp3) is 0.444. The number of hydrogen-bond donors (Lipinski definition) is 1. The second-order valence-electron chi connectivity index (χ2n) is 6.95. The molecule has 3 rings (SSSR count). The molecule has 0 saturated carbocycles. The number of pyridine rings is 2. The zero-order valence-electron chi connectivity index (χ0n) is 15.1. The second-order valence-corrected chi connectivity index (χ2v) is 8.67. The molecule has 1 saturated heterocycles. The second kappa shape index (κ2) is 8.22. The Hall–Kier alpha value is -1.87. The minimum absolute atomic E-state index is 0.147. The van der Waals surface area contributed by atoms with Crippen LogP contribution in [-0.4, -0.2) is 68.0 Å². The molecule has 8 heteroatoms. The molecule has 0 aliphatic carbocycles. The highest BCUT2D eigenvalue weighted by molar-refractivity contribution is 7.89. The van der Waals surface area contributed by atoms with Crippen molar-refractivity contribution in [3.8, 4) is 0 Å². The molecule has 1 aliphatic rings. The number of rotatable bonds is 7. The summed E-state index contributed by atoms with van der Waals surface area (Å²) >= 11 is 0. The summed E-state index contributed by atoms with van der Waals surface area (Å²) in [4.78, 5) is 12.8. The first-order valence-electron chi connectivity index (χ1n) is 8.63. The van der Waals surface area contributed by atoms with Crippen LogP contribution in [0.25, 0.3) is 0 Å². The van der Waals surface area contributed by atoms with Crippen molar-refractivity contribution in [3.63, 3.8) is 0 Å². The highest BCUT2D eigenvalue weighted by Gasteiger charge is 2.36. The van der Waals surface area contributed by atoms with Crippen LogP contribution in [0.3, 0.4) is 0 Å². The largest absolute Gasteiger partial charge is 0.309 e. The minimum atomic E-state index is -3.58. The lowest BCUT2D eigenvalue weighted by Gasteiger charge is -2.22. The molecule has 2 atom stereocenters. The molecule has 0 radical (unpaired) electrons. The van der Waals surface area contributed by atoms with Gasteiger partial charge in [-0.1, -0.05) is 6.07 Å². The van der Waals surface area contributed by atoms with Crippen molar-refractivity contribution < 1.29 is 8.42 Å². The summed E-state index contributed by atoms with van der Waals surface area (Å²) in [6, 6.07) is 8.91. The Kier molecular flexibility index (Phi) is 5.98. The normalized spacial score (nSPS) is 21.3. The van der Waals surface area contributed by atoms with Gasteiger partial charge in [0.05, 0.1) is 5.69 Å². The fourth-order valence-electron chi connectivity index (χ4n) is 3.37. The maximum Gasteiger partial charge on any atom is 0.242 e. The van der Waals surface area contributed by atoms with E-state index in [1.807, 2.05) is 32.3 Å². The van der Waals surface area contributed by atoms with Crippen LogP contribution in [0.4, 0.5) is 0 Å². The Labute approximate surface area is 155 Å². The van der Waals surface area contributed by atoms with E-state index in [-0.39, 0.29) is 16.9 Å². The van der Waals surface area contributed by atoms with Crippen molar-refractivity contribution in [2.75, 3.05) is 33.7 Å². The first-order valence-corrected chi connectivity index (χ1v) is 10.1. The minimum Gasteiger partial charge on any atom is -0.309 e. The van der Waals surface area contributed by atoms with Crippen LogP contribution < -0.4 is 4.72 Å². The lowest BCUT2D eigenvalue weighted by molar-refractivity contribution is 0.282. The van der Waals surface area contributed by atoms with E-state index in [0.717, 1.165) is 25.3 Å². The van der Waals surface area contributed by atoms with Crippen molar-refractivity contribution >= 4 is 10.0 Å². The Morgan fingerprint density at radius 3 is 2.69 bits per heavy atom. The number of hydrogen-bond acceptors (Lipinski definition) is 6. The zero-order chi connectivity index (χ0) is 18.6. The molecule has 0 spiro atoms. The van der Waals surface area contributed by atoms with Gasteiger partial charge in [0.2, 0.25) is 10.0 Å². The quantitative estimate of drug-likeness (QED) is 0.772. The number of aromatic nitrogens is 2. The molecule has 1 N–H and O–H groups in total.